The van der Waals surface area contributed by atoms with Crippen LogP contribution in [0.2, 0.25) is 0 Å². The molecule has 1 aromatic heterocycles. The number of nitro groups is 1. The number of amides is 1. The maximum Gasteiger partial charge on any atom is 0.309 e. The normalized spacial score (nSPS) is 10.3. The lowest BCUT2D eigenvalue weighted by Gasteiger charge is -2.05. The van der Waals surface area contributed by atoms with Crippen LogP contribution in [0.1, 0.15) is 18.5 Å². The molecule has 0 bridgehead atoms. The number of hydrogen-bond acceptors (Lipinski definition) is 5. The fourth-order valence-corrected chi connectivity index (χ4v) is 1.47. The molecule has 1 aromatic rings. The van der Waals surface area contributed by atoms with Gasteiger partial charge in [-0.15, -0.1) is 0 Å². The number of carbonyl (C=O) groups is 1. The Morgan fingerprint density at radius 3 is 2.94 bits per heavy atom. The standard InChI is InChI=1S/C10H17N5O3/c1-8-9(15(17)18)7-13-14(8)6-3-10(16)12-5-2-4-11/h7H,2-6,11H2,1H3,(H,12,16). The van der Waals surface area contributed by atoms with E-state index in [1.807, 2.05) is 0 Å². The number of rotatable bonds is 7. The molecule has 18 heavy (non-hydrogen) atoms. The number of hydrogen-bond donors (Lipinski definition) is 2. The summed E-state index contributed by atoms with van der Waals surface area (Å²) in [4.78, 5) is 21.5. The lowest BCUT2D eigenvalue weighted by molar-refractivity contribution is -0.385. The average Bonchev–Trinajstić information content (AvgIpc) is 2.68. The molecule has 0 atom stereocenters. The van der Waals surface area contributed by atoms with Crippen molar-refractivity contribution in [2.45, 2.75) is 26.3 Å². The van der Waals surface area contributed by atoms with E-state index >= 15 is 0 Å². The predicted octanol–water partition coefficient (Wildman–Crippen LogP) is -0.0452. The van der Waals surface area contributed by atoms with Crippen molar-refractivity contribution in [2.24, 2.45) is 5.73 Å². The molecule has 0 unspecified atom stereocenters. The molecular formula is C10H17N5O3. The van der Waals surface area contributed by atoms with Gasteiger partial charge < -0.3 is 11.1 Å². The highest BCUT2D eigenvalue weighted by Crippen LogP contribution is 2.16. The van der Waals surface area contributed by atoms with E-state index in [1.54, 1.807) is 6.92 Å². The Balaban J connectivity index is 2.44. The molecule has 0 aromatic carbocycles. The number of carbonyl (C=O) groups excluding carboxylic acids is 1. The topological polar surface area (TPSA) is 116 Å². The Kier molecular flexibility index (Phi) is 5.25. The summed E-state index contributed by atoms with van der Waals surface area (Å²) < 4.78 is 1.46. The van der Waals surface area contributed by atoms with Crippen molar-refractivity contribution in [2.75, 3.05) is 13.1 Å². The van der Waals surface area contributed by atoms with Gasteiger partial charge in [-0.25, -0.2) is 0 Å². The zero-order chi connectivity index (χ0) is 13.5. The van der Waals surface area contributed by atoms with Crippen molar-refractivity contribution in [3.8, 4) is 0 Å². The summed E-state index contributed by atoms with van der Waals surface area (Å²) >= 11 is 0. The molecule has 0 radical (unpaired) electrons. The SMILES string of the molecule is Cc1c([N+](=O)[O-])cnn1CCC(=O)NCCCN. The minimum Gasteiger partial charge on any atom is -0.356 e. The second-order valence-electron chi connectivity index (χ2n) is 3.84. The van der Waals surface area contributed by atoms with Gasteiger partial charge in [0.05, 0.1) is 11.5 Å². The molecule has 0 saturated heterocycles. The van der Waals surface area contributed by atoms with Gasteiger partial charge in [-0.2, -0.15) is 5.10 Å². The maximum atomic E-state index is 11.4. The highest BCUT2D eigenvalue weighted by Gasteiger charge is 2.16. The molecule has 0 spiro atoms. The Labute approximate surface area is 104 Å². The van der Waals surface area contributed by atoms with Gasteiger partial charge in [0.25, 0.3) is 0 Å². The molecule has 1 rings (SSSR count). The van der Waals surface area contributed by atoms with E-state index in [4.69, 9.17) is 5.73 Å². The fourth-order valence-electron chi connectivity index (χ4n) is 1.47. The van der Waals surface area contributed by atoms with E-state index in [1.165, 1.54) is 10.9 Å². The molecule has 0 aliphatic heterocycles. The smallest absolute Gasteiger partial charge is 0.309 e. The molecule has 8 heteroatoms. The van der Waals surface area contributed by atoms with Crippen molar-refractivity contribution in [3.63, 3.8) is 0 Å². The molecule has 3 N–H and O–H groups in total. The first kappa shape index (κ1) is 14.1. The van der Waals surface area contributed by atoms with E-state index in [-0.39, 0.29) is 18.0 Å². The third-order valence-electron chi connectivity index (χ3n) is 2.53. The Morgan fingerprint density at radius 1 is 1.67 bits per heavy atom. The van der Waals surface area contributed by atoms with Crippen LogP contribution in [0.5, 0.6) is 0 Å². The number of nitrogens with two attached hydrogens (primary N) is 1. The number of nitrogens with zero attached hydrogens (tertiary/aromatic N) is 3. The van der Waals surface area contributed by atoms with Crippen LogP contribution in [-0.2, 0) is 11.3 Å². The van der Waals surface area contributed by atoms with E-state index in [0.29, 0.717) is 25.3 Å². The fraction of sp³-hybridized carbons (Fsp3) is 0.600. The number of aromatic nitrogens is 2. The molecule has 8 nitrogen and oxygen atoms in total. The van der Waals surface area contributed by atoms with E-state index in [2.05, 4.69) is 10.4 Å². The first-order valence-corrected chi connectivity index (χ1v) is 5.69. The highest BCUT2D eigenvalue weighted by molar-refractivity contribution is 5.75. The summed E-state index contributed by atoms with van der Waals surface area (Å²) in [6, 6.07) is 0. The Hall–Kier alpha value is -1.96. The Morgan fingerprint density at radius 2 is 2.39 bits per heavy atom. The second-order valence-corrected chi connectivity index (χ2v) is 3.84. The van der Waals surface area contributed by atoms with Crippen molar-refractivity contribution >= 4 is 11.6 Å². The molecule has 0 aliphatic rings. The van der Waals surface area contributed by atoms with Crippen LogP contribution in [0.15, 0.2) is 6.20 Å². The van der Waals surface area contributed by atoms with Gasteiger partial charge in [-0.3, -0.25) is 19.6 Å². The first-order valence-electron chi connectivity index (χ1n) is 5.69. The van der Waals surface area contributed by atoms with Crippen molar-refractivity contribution in [1.29, 1.82) is 0 Å². The summed E-state index contributed by atoms with van der Waals surface area (Å²) in [5.74, 6) is -0.110. The second kappa shape index (κ2) is 6.70. The first-order chi connectivity index (χ1) is 8.56. The van der Waals surface area contributed by atoms with Crippen LogP contribution >= 0.6 is 0 Å². The average molecular weight is 255 g/mol. The third-order valence-corrected chi connectivity index (χ3v) is 2.53. The molecule has 0 fully saturated rings. The van der Waals surface area contributed by atoms with Gasteiger partial charge in [-0.1, -0.05) is 0 Å². The molecule has 1 amide bonds. The van der Waals surface area contributed by atoms with Crippen LogP contribution in [0, 0.1) is 17.0 Å². The van der Waals surface area contributed by atoms with Gasteiger partial charge in [0, 0.05) is 13.0 Å². The van der Waals surface area contributed by atoms with E-state index in [0.717, 1.165) is 6.42 Å². The van der Waals surface area contributed by atoms with Crippen LogP contribution in [-0.4, -0.2) is 33.7 Å². The van der Waals surface area contributed by atoms with Gasteiger partial charge in [-0.05, 0) is 19.9 Å². The largest absolute Gasteiger partial charge is 0.356 e. The predicted molar refractivity (Wildman–Crippen MR) is 64.9 cm³/mol. The summed E-state index contributed by atoms with van der Waals surface area (Å²) in [5.41, 5.74) is 5.73. The third kappa shape index (κ3) is 3.81. The number of aryl methyl sites for hydroxylation is 1. The molecule has 0 aliphatic carbocycles. The highest BCUT2D eigenvalue weighted by atomic mass is 16.6. The minimum atomic E-state index is -0.486. The van der Waals surface area contributed by atoms with Crippen LogP contribution in [0.3, 0.4) is 0 Å². The van der Waals surface area contributed by atoms with Crippen molar-refractivity contribution < 1.29 is 9.72 Å². The van der Waals surface area contributed by atoms with Crippen LogP contribution in [0.25, 0.3) is 0 Å². The van der Waals surface area contributed by atoms with Gasteiger partial charge in [0.15, 0.2) is 0 Å². The molecule has 0 saturated carbocycles. The van der Waals surface area contributed by atoms with Crippen LogP contribution in [0.4, 0.5) is 5.69 Å². The zero-order valence-corrected chi connectivity index (χ0v) is 10.3. The molecule has 1 heterocycles. The Bertz CT molecular complexity index is 429. The minimum absolute atomic E-state index is 0.0291. The lowest BCUT2D eigenvalue weighted by atomic mass is 10.3. The molecule has 100 valence electrons. The van der Waals surface area contributed by atoms with E-state index < -0.39 is 4.92 Å². The van der Waals surface area contributed by atoms with Crippen LogP contribution < -0.4 is 11.1 Å². The quantitative estimate of drug-likeness (QED) is 0.402. The summed E-state index contributed by atoms with van der Waals surface area (Å²) in [7, 11) is 0. The summed E-state index contributed by atoms with van der Waals surface area (Å²) in [6.45, 7) is 3.02. The monoisotopic (exact) mass is 255 g/mol. The summed E-state index contributed by atoms with van der Waals surface area (Å²) in [5, 5.41) is 17.2. The zero-order valence-electron chi connectivity index (χ0n) is 10.3. The van der Waals surface area contributed by atoms with Gasteiger partial charge in [0.2, 0.25) is 5.91 Å². The molecular weight excluding hydrogens is 238 g/mol. The summed E-state index contributed by atoms with van der Waals surface area (Å²) in [6.07, 6.45) is 2.17. The van der Waals surface area contributed by atoms with E-state index in [9.17, 15) is 14.9 Å². The maximum absolute atomic E-state index is 11.4. The van der Waals surface area contributed by atoms with Gasteiger partial charge >= 0.3 is 5.69 Å². The lowest BCUT2D eigenvalue weighted by Crippen LogP contribution is -2.27. The van der Waals surface area contributed by atoms with Crippen molar-refractivity contribution in [3.05, 3.63) is 22.0 Å². The number of nitrogens with one attached hydrogen (secondary N) is 1. The van der Waals surface area contributed by atoms with Gasteiger partial charge in [0.1, 0.15) is 11.9 Å². The van der Waals surface area contributed by atoms with Crippen molar-refractivity contribution in [1.82, 2.24) is 15.1 Å².